The summed E-state index contributed by atoms with van der Waals surface area (Å²) in [6, 6.07) is 0. The topological polar surface area (TPSA) is 66.0 Å². The average molecular weight is 222 g/mol. The summed E-state index contributed by atoms with van der Waals surface area (Å²) >= 11 is 0. The van der Waals surface area contributed by atoms with Crippen molar-refractivity contribution in [1.82, 2.24) is 10.2 Å². The third kappa shape index (κ3) is 1.84. The molecular formula is C12H18N2O2. The van der Waals surface area contributed by atoms with E-state index in [1.54, 1.807) is 0 Å². The van der Waals surface area contributed by atoms with Gasteiger partial charge in [-0.05, 0) is 24.8 Å². The van der Waals surface area contributed by atoms with Crippen molar-refractivity contribution in [3.63, 3.8) is 0 Å². The zero-order valence-corrected chi connectivity index (χ0v) is 10.0. The second kappa shape index (κ2) is 3.61. The molecule has 0 radical (unpaired) electrons. The molecule has 4 heteroatoms. The first kappa shape index (κ1) is 11.2. The first-order valence-corrected chi connectivity index (χ1v) is 5.69. The summed E-state index contributed by atoms with van der Waals surface area (Å²) in [5, 5.41) is 16.5. The summed E-state index contributed by atoms with van der Waals surface area (Å²) in [7, 11) is 0. The second-order valence-corrected chi connectivity index (χ2v) is 5.56. The zero-order chi connectivity index (χ0) is 11.9. The molecule has 0 aromatic carbocycles. The Morgan fingerprint density at radius 1 is 1.50 bits per heavy atom. The quantitative estimate of drug-likeness (QED) is 0.762. The molecule has 0 unspecified atom stereocenters. The Balaban J connectivity index is 2.35. The van der Waals surface area contributed by atoms with Gasteiger partial charge in [-0.2, -0.15) is 5.10 Å². The minimum atomic E-state index is -0.688. The predicted octanol–water partition coefficient (Wildman–Crippen LogP) is 1.90. The fourth-order valence-electron chi connectivity index (χ4n) is 2.33. The lowest BCUT2D eigenvalue weighted by Crippen LogP contribution is -2.24. The van der Waals surface area contributed by atoms with Gasteiger partial charge < -0.3 is 5.11 Å². The molecule has 0 amide bonds. The van der Waals surface area contributed by atoms with Crippen molar-refractivity contribution in [2.75, 3.05) is 0 Å². The van der Waals surface area contributed by atoms with Crippen LogP contribution >= 0.6 is 0 Å². The van der Waals surface area contributed by atoms with Crippen LogP contribution in [0.15, 0.2) is 0 Å². The Bertz CT molecular complexity index is 415. The fourth-order valence-corrected chi connectivity index (χ4v) is 2.33. The molecule has 2 N–H and O–H groups in total. The van der Waals surface area contributed by atoms with E-state index >= 15 is 0 Å². The van der Waals surface area contributed by atoms with Crippen LogP contribution in [-0.4, -0.2) is 21.3 Å². The number of rotatable bonds is 1. The predicted molar refractivity (Wildman–Crippen MR) is 60.4 cm³/mol. The first-order chi connectivity index (χ1) is 7.39. The molecule has 1 atom stereocenters. The highest BCUT2D eigenvalue weighted by molar-refractivity contribution is 5.71. The van der Waals surface area contributed by atoms with Gasteiger partial charge in [0.1, 0.15) is 0 Å². The SMILES string of the molecule is CC(C)(C)c1n[nH]c2c1C[C@H](C(=O)O)CC2. The molecule has 0 bridgehead atoms. The normalized spacial score (nSPS) is 20.6. The first-order valence-electron chi connectivity index (χ1n) is 5.69. The standard InChI is InChI=1S/C12H18N2O2/c1-12(2,3)10-8-6-7(11(15)16)4-5-9(8)13-14-10/h7H,4-6H2,1-3H3,(H,13,14)(H,15,16)/t7-/m1/s1. The third-order valence-electron chi connectivity index (χ3n) is 3.21. The number of H-pyrrole nitrogens is 1. The van der Waals surface area contributed by atoms with Crippen LogP contribution in [0.3, 0.4) is 0 Å². The lowest BCUT2D eigenvalue weighted by molar-refractivity contribution is -0.142. The Hall–Kier alpha value is -1.32. The highest BCUT2D eigenvalue weighted by atomic mass is 16.4. The lowest BCUT2D eigenvalue weighted by Gasteiger charge is -2.23. The maximum atomic E-state index is 11.0. The van der Waals surface area contributed by atoms with Gasteiger partial charge in [-0.15, -0.1) is 0 Å². The van der Waals surface area contributed by atoms with Crippen molar-refractivity contribution in [2.24, 2.45) is 5.92 Å². The number of aromatic nitrogens is 2. The molecule has 1 aliphatic rings. The Morgan fingerprint density at radius 3 is 2.75 bits per heavy atom. The van der Waals surface area contributed by atoms with E-state index in [4.69, 9.17) is 5.11 Å². The maximum Gasteiger partial charge on any atom is 0.306 e. The summed E-state index contributed by atoms with van der Waals surface area (Å²) in [5.74, 6) is -0.932. The van der Waals surface area contributed by atoms with Crippen molar-refractivity contribution in [2.45, 2.75) is 45.4 Å². The number of carbonyl (C=O) groups is 1. The van der Waals surface area contributed by atoms with Crippen LogP contribution in [0.25, 0.3) is 0 Å². The van der Waals surface area contributed by atoms with Gasteiger partial charge in [0.2, 0.25) is 0 Å². The van der Waals surface area contributed by atoms with E-state index < -0.39 is 5.97 Å². The second-order valence-electron chi connectivity index (χ2n) is 5.56. The molecule has 2 rings (SSSR count). The number of carboxylic acid groups (broad SMARTS) is 1. The van der Waals surface area contributed by atoms with Gasteiger partial charge in [0, 0.05) is 11.1 Å². The summed E-state index contributed by atoms with van der Waals surface area (Å²) in [4.78, 5) is 11.0. The van der Waals surface area contributed by atoms with E-state index in [0.717, 1.165) is 23.4 Å². The molecule has 88 valence electrons. The van der Waals surface area contributed by atoms with Crippen LogP contribution in [0.4, 0.5) is 0 Å². The molecule has 16 heavy (non-hydrogen) atoms. The number of nitrogens with zero attached hydrogens (tertiary/aromatic N) is 1. The Morgan fingerprint density at radius 2 is 2.19 bits per heavy atom. The summed E-state index contributed by atoms with van der Waals surface area (Å²) in [5.41, 5.74) is 3.26. The van der Waals surface area contributed by atoms with Crippen molar-refractivity contribution < 1.29 is 9.90 Å². The highest BCUT2D eigenvalue weighted by Gasteiger charge is 2.31. The largest absolute Gasteiger partial charge is 0.481 e. The number of hydrogen-bond acceptors (Lipinski definition) is 2. The number of fused-ring (bicyclic) bond motifs is 1. The number of carboxylic acids is 1. The van der Waals surface area contributed by atoms with Crippen LogP contribution < -0.4 is 0 Å². The van der Waals surface area contributed by atoms with Crippen molar-refractivity contribution in [3.8, 4) is 0 Å². The molecular weight excluding hydrogens is 204 g/mol. The van der Waals surface area contributed by atoms with Crippen molar-refractivity contribution in [3.05, 3.63) is 17.0 Å². The van der Waals surface area contributed by atoms with Crippen LogP contribution in [0.2, 0.25) is 0 Å². The summed E-state index contributed by atoms with van der Waals surface area (Å²) in [6.07, 6.45) is 2.14. The fraction of sp³-hybridized carbons (Fsp3) is 0.667. The van der Waals surface area contributed by atoms with Crippen LogP contribution in [-0.2, 0) is 23.1 Å². The molecule has 4 nitrogen and oxygen atoms in total. The smallest absolute Gasteiger partial charge is 0.306 e. The zero-order valence-electron chi connectivity index (χ0n) is 10.0. The molecule has 1 heterocycles. The molecule has 1 aromatic heterocycles. The Labute approximate surface area is 95.1 Å². The van der Waals surface area contributed by atoms with Gasteiger partial charge in [-0.25, -0.2) is 0 Å². The van der Waals surface area contributed by atoms with E-state index in [1.807, 2.05) is 0 Å². The molecule has 0 spiro atoms. The van der Waals surface area contributed by atoms with E-state index in [1.165, 1.54) is 0 Å². The molecule has 1 aromatic rings. The van der Waals surface area contributed by atoms with Crippen LogP contribution in [0.1, 0.15) is 44.1 Å². The van der Waals surface area contributed by atoms with Crippen molar-refractivity contribution >= 4 is 5.97 Å². The molecule has 0 saturated carbocycles. The Kier molecular flexibility index (Phi) is 2.52. The number of nitrogens with one attached hydrogen (secondary N) is 1. The monoisotopic (exact) mass is 222 g/mol. The molecule has 1 aliphatic carbocycles. The number of aliphatic carboxylic acids is 1. The number of aryl methyl sites for hydroxylation is 1. The van der Waals surface area contributed by atoms with Gasteiger partial charge in [0.15, 0.2) is 0 Å². The number of hydrogen-bond donors (Lipinski definition) is 2. The minimum absolute atomic E-state index is 0.0233. The average Bonchev–Trinajstić information content (AvgIpc) is 2.58. The van der Waals surface area contributed by atoms with Gasteiger partial charge >= 0.3 is 5.97 Å². The molecule has 0 aliphatic heterocycles. The third-order valence-corrected chi connectivity index (χ3v) is 3.21. The maximum absolute atomic E-state index is 11.0. The van der Waals surface area contributed by atoms with E-state index in [9.17, 15) is 4.79 Å². The van der Waals surface area contributed by atoms with Crippen LogP contribution in [0, 0.1) is 5.92 Å². The van der Waals surface area contributed by atoms with Gasteiger partial charge in [-0.1, -0.05) is 20.8 Å². The minimum Gasteiger partial charge on any atom is -0.481 e. The lowest BCUT2D eigenvalue weighted by atomic mass is 9.81. The van der Waals surface area contributed by atoms with Crippen molar-refractivity contribution in [1.29, 1.82) is 0 Å². The van der Waals surface area contributed by atoms with E-state index in [0.29, 0.717) is 12.8 Å². The van der Waals surface area contributed by atoms with E-state index in [-0.39, 0.29) is 11.3 Å². The molecule has 0 saturated heterocycles. The van der Waals surface area contributed by atoms with Gasteiger partial charge in [-0.3, -0.25) is 9.89 Å². The number of aromatic amines is 1. The van der Waals surface area contributed by atoms with Crippen LogP contribution in [0.5, 0.6) is 0 Å². The van der Waals surface area contributed by atoms with E-state index in [2.05, 4.69) is 31.0 Å². The summed E-state index contributed by atoms with van der Waals surface area (Å²) < 4.78 is 0. The van der Waals surface area contributed by atoms with Gasteiger partial charge in [0.25, 0.3) is 0 Å². The van der Waals surface area contributed by atoms with Gasteiger partial charge in [0.05, 0.1) is 11.6 Å². The summed E-state index contributed by atoms with van der Waals surface area (Å²) in [6.45, 7) is 6.31. The highest BCUT2D eigenvalue weighted by Crippen LogP contribution is 2.32. The molecule has 0 fully saturated rings.